The molecule has 1 aromatic heterocycles. The van der Waals surface area contributed by atoms with Crippen LogP contribution in [0.4, 0.5) is 0 Å². The van der Waals surface area contributed by atoms with E-state index in [0.717, 1.165) is 17.7 Å². The predicted molar refractivity (Wildman–Crippen MR) is 72.7 cm³/mol. The maximum Gasteiger partial charge on any atom is 0.242 e. The average molecular weight is 339 g/mol. The highest BCUT2D eigenvalue weighted by molar-refractivity contribution is 9.11. The Morgan fingerprint density at radius 3 is 2.82 bits per heavy atom. The quantitative estimate of drug-likeness (QED) is 0.833. The van der Waals surface area contributed by atoms with E-state index in [1.165, 1.54) is 11.3 Å². The van der Waals surface area contributed by atoms with Crippen LogP contribution in [0.2, 0.25) is 0 Å². The van der Waals surface area contributed by atoms with Crippen LogP contribution in [0.3, 0.4) is 0 Å². The SMILES string of the molecule is CNCc1cc(S(=O)(=O)NCC2CC2)c(Br)s1. The monoisotopic (exact) mass is 338 g/mol. The van der Waals surface area contributed by atoms with Crippen molar-refractivity contribution < 1.29 is 8.42 Å². The van der Waals surface area contributed by atoms with Gasteiger partial charge in [0.1, 0.15) is 4.90 Å². The molecule has 0 aliphatic heterocycles. The molecule has 0 atom stereocenters. The van der Waals surface area contributed by atoms with Gasteiger partial charge in [-0.3, -0.25) is 0 Å². The van der Waals surface area contributed by atoms with E-state index in [9.17, 15) is 8.42 Å². The van der Waals surface area contributed by atoms with Crippen LogP contribution in [-0.4, -0.2) is 22.0 Å². The second kappa shape index (κ2) is 5.36. The van der Waals surface area contributed by atoms with Gasteiger partial charge in [0.15, 0.2) is 0 Å². The van der Waals surface area contributed by atoms with Gasteiger partial charge in [0.25, 0.3) is 0 Å². The van der Waals surface area contributed by atoms with Crippen LogP contribution in [-0.2, 0) is 16.6 Å². The molecule has 4 nitrogen and oxygen atoms in total. The molecule has 0 radical (unpaired) electrons. The minimum absolute atomic E-state index is 0.355. The number of hydrogen-bond acceptors (Lipinski definition) is 4. The van der Waals surface area contributed by atoms with Crippen LogP contribution < -0.4 is 10.0 Å². The molecule has 2 rings (SSSR count). The van der Waals surface area contributed by atoms with Gasteiger partial charge in [0.05, 0.1) is 3.79 Å². The van der Waals surface area contributed by atoms with Gasteiger partial charge in [-0.25, -0.2) is 13.1 Å². The smallest absolute Gasteiger partial charge is 0.242 e. The summed E-state index contributed by atoms with van der Waals surface area (Å²) in [6.07, 6.45) is 2.27. The molecular weight excluding hydrogens is 324 g/mol. The maximum atomic E-state index is 12.0. The zero-order valence-electron chi connectivity index (χ0n) is 9.49. The summed E-state index contributed by atoms with van der Waals surface area (Å²) in [6.45, 7) is 1.24. The molecule has 0 unspecified atom stereocenters. The standard InChI is InChI=1S/C10H15BrN2O2S2/c1-12-6-8-4-9(10(11)16-8)17(14,15)13-5-7-2-3-7/h4,7,12-13H,2-3,5-6H2,1H3. The molecule has 1 aromatic rings. The fourth-order valence-electron chi connectivity index (χ4n) is 1.47. The highest BCUT2D eigenvalue weighted by Crippen LogP contribution is 2.32. The Kier molecular flexibility index (Phi) is 4.25. The van der Waals surface area contributed by atoms with Crippen molar-refractivity contribution in [3.05, 3.63) is 14.7 Å². The lowest BCUT2D eigenvalue weighted by atomic mass is 10.4. The van der Waals surface area contributed by atoms with Crippen molar-refractivity contribution in [1.29, 1.82) is 0 Å². The Balaban J connectivity index is 2.12. The molecule has 17 heavy (non-hydrogen) atoms. The molecule has 0 aromatic carbocycles. The van der Waals surface area contributed by atoms with Crippen molar-refractivity contribution in [2.75, 3.05) is 13.6 Å². The van der Waals surface area contributed by atoms with E-state index in [-0.39, 0.29) is 0 Å². The molecule has 2 N–H and O–H groups in total. The molecule has 1 saturated carbocycles. The summed E-state index contributed by atoms with van der Waals surface area (Å²) in [6, 6.07) is 1.72. The van der Waals surface area contributed by atoms with Crippen molar-refractivity contribution in [2.24, 2.45) is 5.92 Å². The predicted octanol–water partition coefficient (Wildman–Crippen LogP) is 1.92. The minimum atomic E-state index is -3.36. The Bertz CT molecular complexity index is 494. The normalized spacial score (nSPS) is 16.4. The van der Waals surface area contributed by atoms with E-state index in [4.69, 9.17) is 0 Å². The van der Waals surface area contributed by atoms with Crippen LogP contribution in [0.5, 0.6) is 0 Å². The van der Waals surface area contributed by atoms with Crippen LogP contribution in [0, 0.1) is 5.92 Å². The van der Waals surface area contributed by atoms with Gasteiger partial charge in [-0.15, -0.1) is 11.3 Å². The van der Waals surface area contributed by atoms with Gasteiger partial charge in [0.2, 0.25) is 10.0 Å². The largest absolute Gasteiger partial charge is 0.315 e. The van der Waals surface area contributed by atoms with E-state index in [1.807, 2.05) is 7.05 Å². The number of hydrogen-bond donors (Lipinski definition) is 2. The summed E-state index contributed by atoms with van der Waals surface area (Å²) >= 11 is 4.77. The summed E-state index contributed by atoms with van der Waals surface area (Å²) in [4.78, 5) is 1.36. The first kappa shape index (κ1) is 13.5. The molecule has 0 saturated heterocycles. The van der Waals surface area contributed by atoms with Gasteiger partial charge in [0, 0.05) is 18.0 Å². The Labute approximate surface area is 114 Å². The van der Waals surface area contributed by atoms with E-state index >= 15 is 0 Å². The van der Waals surface area contributed by atoms with E-state index in [0.29, 0.717) is 27.7 Å². The van der Waals surface area contributed by atoms with E-state index in [2.05, 4.69) is 26.0 Å². The van der Waals surface area contributed by atoms with Crippen molar-refractivity contribution in [2.45, 2.75) is 24.3 Å². The number of sulfonamides is 1. The lowest BCUT2D eigenvalue weighted by Crippen LogP contribution is -2.25. The topological polar surface area (TPSA) is 58.2 Å². The summed E-state index contributed by atoms with van der Waals surface area (Å²) in [5.41, 5.74) is 0. The summed E-state index contributed by atoms with van der Waals surface area (Å²) in [7, 11) is -1.52. The van der Waals surface area contributed by atoms with Gasteiger partial charge in [-0.1, -0.05) is 0 Å². The third-order valence-electron chi connectivity index (χ3n) is 2.61. The van der Waals surface area contributed by atoms with Crippen molar-refractivity contribution in [1.82, 2.24) is 10.0 Å². The molecule has 0 spiro atoms. The summed E-state index contributed by atoms with van der Waals surface area (Å²) < 4.78 is 27.4. The van der Waals surface area contributed by atoms with Gasteiger partial charge in [-0.2, -0.15) is 0 Å². The number of halogens is 1. The van der Waals surface area contributed by atoms with Crippen molar-refractivity contribution in [3.8, 4) is 0 Å². The van der Waals surface area contributed by atoms with E-state index in [1.54, 1.807) is 6.07 Å². The number of rotatable bonds is 6. The minimum Gasteiger partial charge on any atom is -0.315 e. The molecule has 0 amide bonds. The van der Waals surface area contributed by atoms with Gasteiger partial charge < -0.3 is 5.32 Å². The molecule has 7 heteroatoms. The van der Waals surface area contributed by atoms with Crippen LogP contribution in [0.25, 0.3) is 0 Å². The number of nitrogens with one attached hydrogen (secondary N) is 2. The van der Waals surface area contributed by atoms with Gasteiger partial charge >= 0.3 is 0 Å². The molecule has 1 fully saturated rings. The first-order valence-electron chi connectivity index (χ1n) is 5.45. The first-order chi connectivity index (χ1) is 8.03. The third-order valence-corrected chi connectivity index (χ3v) is 6.28. The zero-order valence-corrected chi connectivity index (χ0v) is 12.7. The summed E-state index contributed by atoms with van der Waals surface area (Å²) in [5, 5.41) is 3.01. The average Bonchev–Trinajstić information content (AvgIpc) is 3.00. The van der Waals surface area contributed by atoms with Crippen LogP contribution in [0.1, 0.15) is 17.7 Å². The molecular formula is C10H15BrN2O2S2. The van der Waals surface area contributed by atoms with Crippen LogP contribution in [0.15, 0.2) is 14.7 Å². The zero-order chi connectivity index (χ0) is 12.5. The lowest BCUT2D eigenvalue weighted by Gasteiger charge is -2.04. The molecule has 1 heterocycles. The number of thiophene rings is 1. The Hall–Kier alpha value is 0.0500. The van der Waals surface area contributed by atoms with E-state index < -0.39 is 10.0 Å². The Morgan fingerprint density at radius 1 is 1.53 bits per heavy atom. The second-order valence-corrected chi connectivity index (χ2v) is 8.37. The molecule has 1 aliphatic carbocycles. The Morgan fingerprint density at radius 2 is 2.24 bits per heavy atom. The first-order valence-corrected chi connectivity index (χ1v) is 8.54. The highest BCUT2D eigenvalue weighted by Gasteiger charge is 2.26. The maximum absolute atomic E-state index is 12.0. The highest BCUT2D eigenvalue weighted by atomic mass is 79.9. The van der Waals surface area contributed by atoms with Crippen molar-refractivity contribution >= 4 is 37.3 Å². The van der Waals surface area contributed by atoms with Crippen molar-refractivity contribution in [3.63, 3.8) is 0 Å². The lowest BCUT2D eigenvalue weighted by molar-refractivity contribution is 0.577. The molecule has 0 bridgehead atoms. The van der Waals surface area contributed by atoms with Crippen LogP contribution >= 0.6 is 27.3 Å². The summed E-state index contributed by atoms with van der Waals surface area (Å²) in [5.74, 6) is 0.541. The molecule has 1 aliphatic rings. The molecule has 96 valence electrons. The fraction of sp³-hybridized carbons (Fsp3) is 0.600. The third kappa shape index (κ3) is 3.51. The fourth-order valence-corrected chi connectivity index (χ4v) is 5.28. The van der Waals surface area contributed by atoms with Gasteiger partial charge in [-0.05, 0) is 47.8 Å². The second-order valence-electron chi connectivity index (χ2n) is 4.18.